The van der Waals surface area contributed by atoms with Crippen LogP contribution >= 0.6 is 0 Å². The van der Waals surface area contributed by atoms with Gasteiger partial charge in [0.25, 0.3) is 0 Å². The van der Waals surface area contributed by atoms with Crippen molar-refractivity contribution in [3.05, 3.63) is 90.5 Å². The quantitative estimate of drug-likeness (QED) is 0.310. The van der Waals surface area contributed by atoms with Gasteiger partial charge in [0.2, 0.25) is 0 Å². The van der Waals surface area contributed by atoms with Crippen LogP contribution in [0.3, 0.4) is 0 Å². The Labute approximate surface area is 179 Å². The second-order valence-electron chi connectivity index (χ2n) is 7.62. The number of hydrogen-bond donors (Lipinski definition) is 0. The molecule has 0 aliphatic heterocycles. The second-order valence-corrected chi connectivity index (χ2v) is 7.62. The summed E-state index contributed by atoms with van der Waals surface area (Å²) in [4.78, 5) is 0. The summed E-state index contributed by atoms with van der Waals surface area (Å²) >= 11 is 0. The summed E-state index contributed by atoms with van der Waals surface area (Å²) < 4.78 is 2.10. The number of benzene rings is 3. The van der Waals surface area contributed by atoms with E-state index in [1.54, 1.807) is 0 Å². The maximum atomic E-state index is 4.50. The first-order valence-electron chi connectivity index (χ1n) is 9.13. The van der Waals surface area contributed by atoms with Crippen molar-refractivity contribution in [3.63, 3.8) is 0 Å². The van der Waals surface area contributed by atoms with Crippen molar-refractivity contribution >= 4 is 0 Å². The predicted octanol–water partition coefficient (Wildman–Crippen LogP) is 5.70. The largest absolute Gasteiger partial charge is 0.316 e. The van der Waals surface area contributed by atoms with Crippen molar-refractivity contribution in [1.82, 2.24) is 14.8 Å². The molecule has 143 valence electrons. The van der Waals surface area contributed by atoms with Crippen molar-refractivity contribution < 1.29 is 20.1 Å². The summed E-state index contributed by atoms with van der Waals surface area (Å²) in [7, 11) is 0. The van der Waals surface area contributed by atoms with E-state index in [1.165, 1.54) is 5.56 Å². The van der Waals surface area contributed by atoms with Crippen LogP contribution in [-0.4, -0.2) is 14.8 Å². The molecule has 0 aliphatic rings. The zero-order chi connectivity index (χ0) is 18.9. The van der Waals surface area contributed by atoms with Gasteiger partial charge >= 0.3 is 0 Å². The van der Waals surface area contributed by atoms with Gasteiger partial charge in [-0.3, -0.25) is 0 Å². The van der Waals surface area contributed by atoms with Crippen LogP contribution in [0.4, 0.5) is 0 Å². The molecule has 1 heterocycles. The maximum Gasteiger partial charge on any atom is 0.159 e. The van der Waals surface area contributed by atoms with Gasteiger partial charge in [0.15, 0.2) is 5.82 Å². The summed E-state index contributed by atoms with van der Waals surface area (Å²) in [6, 6.07) is 30.0. The first-order chi connectivity index (χ1) is 13.0. The summed E-state index contributed by atoms with van der Waals surface area (Å²) in [6.45, 7) is 6.67. The van der Waals surface area contributed by atoms with E-state index in [1.807, 2.05) is 42.5 Å². The Morgan fingerprint density at radius 2 is 1.39 bits per heavy atom. The van der Waals surface area contributed by atoms with Gasteiger partial charge in [-0.25, -0.2) is 0 Å². The summed E-state index contributed by atoms with van der Waals surface area (Å²) in [5, 5.41) is 9.00. The van der Waals surface area contributed by atoms with Gasteiger partial charge in [0.05, 0.1) is 5.82 Å². The van der Waals surface area contributed by atoms with Gasteiger partial charge in [-0.15, -0.1) is 41.0 Å². The molecule has 1 radical (unpaired) electrons. The average Bonchev–Trinajstić information content (AvgIpc) is 3.14. The van der Waals surface area contributed by atoms with Crippen LogP contribution in [0.5, 0.6) is 0 Å². The number of aromatic nitrogens is 3. The zero-order valence-electron chi connectivity index (χ0n) is 16.2. The Hall–Kier alpha value is -2.55. The second kappa shape index (κ2) is 8.22. The fourth-order valence-electron chi connectivity index (χ4n) is 3.12. The summed E-state index contributed by atoms with van der Waals surface area (Å²) in [6.07, 6.45) is 0. The van der Waals surface area contributed by atoms with E-state index >= 15 is 0 Å². The van der Waals surface area contributed by atoms with E-state index in [-0.39, 0.29) is 25.5 Å². The molecule has 0 unspecified atom stereocenters. The van der Waals surface area contributed by atoms with Crippen LogP contribution in [0.1, 0.15) is 26.3 Å². The first kappa shape index (κ1) is 20.2. The molecule has 1 aromatic heterocycles. The molecule has 3 nitrogen and oxygen atoms in total. The van der Waals surface area contributed by atoms with E-state index in [0.717, 1.165) is 28.5 Å². The van der Waals surface area contributed by atoms with Gasteiger partial charge < -0.3 is 4.57 Å². The first-order valence-corrected chi connectivity index (χ1v) is 9.13. The smallest absolute Gasteiger partial charge is 0.159 e. The molecule has 0 saturated heterocycles. The molecule has 0 fully saturated rings. The van der Waals surface area contributed by atoms with E-state index < -0.39 is 0 Å². The van der Waals surface area contributed by atoms with E-state index in [4.69, 9.17) is 0 Å². The Morgan fingerprint density at radius 1 is 0.750 bits per heavy atom. The zero-order valence-corrected chi connectivity index (χ0v) is 18.6. The topological polar surface area (TPSA) is 30.7 Å². The monoisotopic (exact) mass is 545 g/mol. The van der Waals surface area contributed by atoms with Crippen molar-refractivity contribution in [2.75, 3.05) is 0 Å². The molecule has 0 bridgehead atoms. The molecule has 4 aromatic rings. The van der Waals surface area contributed by atoms with Gasteiger partial charge in [0, 0.05) is 31.4 Å². The fourth-order valence-corrected chi connectivity index (χ4v) is 3.12. The van der Waals surface area contributed by atoms with Gasteiger partial charge in [-0.05, 0) is 23.1 Å². The minimum Gasteiger partial charge on any atom is -0.316 e. The van der Waals surface area contributed by atoms with Gasteiger partial charge in [0.1, 0.15) is 0 Å². The molecule has 3 aromatic carbocycles. The Morgan fingerprint density at radius 3 is 2.00 bits per heavy atom. The third-order valence-corrected chi connectivity index (χ3v) is 4.64. The van der Waals surface area contributed by atoms with Crippen LogP contribution in [-0.2, 0) is 25.5 Å². The number of rotatable bonds is 3. The average molecular weight is 545 g/mol. The van der Waals surface area contributed by atoms with E-state index in [0.29, 0.717) is 0 Å². The number of hydrogen-bond acceptors (Lipinski definition) is 2. The Bertz CT molecular complexity index is 974. The molecule has 4 heteroatoms. The van der Waals surface area contributed by atoms with Crippen LogP contribution < -0.4 is 0 Å². The Kier molecular flexibility index (Phi) is 5.93. The van der Waals surface area contributed by atoms with Crippen molar-refractivity contribution in [1.29, 1.82) is 0 Å². The maximum absolute atomic E-state index is 4.50. The molecule has 0 aliphatic carbocycles. The normalized spacial score (nSPS) is 11.1. The molecular formula is C24H22IrN3-. The fraction of sp³-hybridized carbons (Fsp3) is 0.167. The van der Waals surface area contributed by atoms with Gasteiger partial charge in [-0.2, -0.15) is 5.10 Å². The third kappa shape index (κ3) is 3.99. The number of nitrogens with zero attached hydrogens (tertiary/aromatic N) is 3. The minimum atomic E-state index is 0. The predicted molar refractivity (Wildman–Crippen MR) is 110 cm³/mol. The van der Waals surface area contributed by atoms with Crippen molar-refractivity contribution in [2.45, 2.75) is 26.2 Å². The molecular weight excluding hydrogens is 523 g/mol. The van der Waals surface area contributed by atoms with E-state index in [2.05, 4.69) is 78.0 Å². The van der Waals surface area contributed by atoms with Crippen LogP contribution in [0.25, 0.3) is 28.5 Å². The summed E-state index contributed by atoms with van der Waals surface area (Å²) in [5.41, 5.74) is 4.41. The minimum absolute atomic E-state index is 0. The molecule has 0 saturated carbocycles. The molecule has 0 spiro atoms. The van der Waals surface area contributed by atoms with Crippen LogP contribution in [0.2, 0.25) is 0 Å². The standard InChI is InChI=1S/C24H22N3.Ir/c1-24(2,3)20-14-16-21(17-15-20)27-22(18-10-6-4-7-11-18)25-26-23(27)19-12-8-5-9-13-19;/h4-12,14-17H,1-3H3;/q-1;. The third-order valence-electron chi connectivity index (χ3n) is 4.64. The van der Waals surface area contributed by atoms with Crippen molar-refractivity contribution in [2.24, 2.45) is 0 Å². The molecule has 0 atom stereocenters. The van der Waals surface area contributed by atoms with Crippen LogP contribution in [0, 0.1) is 6.07 Å². The van der Waals surface area contributed by atoms with E-state index in [9.17, 15) is 0 Å². The summed E-state index contributed by atoms with van der Waals surface area (Å²) in [5.74, 6) is 1.62. The molecule has 0 N–H and O–H groups in total. The van der Waals surface area contributed by atoms with Gasteiger partial charge in [-0.1, -0.05) is 63.2 Å². The Balaban J connectivity index is 0.00000225. The SMILES string of the molecule is CC(C)(C)c1ccc(-n2c(-c3[c-]cccc3)nnc2-c2ccccc2)cc1.[Ir]. The molecule has 28 heavy (non-hydrogen) atoms. The van der Waals surface area contributed by atoms with Crippen molar-refractivity contribution in [3.8, 4) is 28.5 Å². The molecule has 0 amide bonds. The van der Waals surface area contributed by atoms with Crippen LogP contribution in [0.15, 0.2) is 78.9 Å². The molecule has 4 rings (SSSR count).